The molecule has 0 amide bonds. The van der Waals surface area contributed by atoms with Crippen LogP contribution >= 0.6 is 0 Å². The Morgan fingerprint density at radius 3 is 3.00 bits per heavy atom. The summed E-state index contributed by atoms with van der Waals surface area (Å²) in [6.45, 7) is 0.520. The number of aromatic amines is 1. The molecule has 0 aliphatic heterocycles. The molecule has 0 aliphatic rings. The van der Waals surface area contributed by atoms with Gasteiger partial charge in [-0.15, -0.1) is 0 Å². The molecule has 0 bridgehead atoms. The van der Waals surface area contributed by atoms with Crippen molar-refractivity contribution in [1.82, 2.24) is 4.98 Å². The monoisotopic (exact) mass is 140 g/mol. The van der Waals surface area contributed by atoms with E-state index in [1.807, 2.05) is 6.07 Å². The van der Waals surface area contributed by atoms with E-state index in [1.165, 1.54) is 0 Å². The van der Waals surface area contributed by atoms with Crippen molar-refractivity contribution < 1.29 is 5.11 Å². The highest BCUT2D eigenvalue weighted by Gasteiger charge is 2.04. The number of nitrogens with two attached hydrogens (primary N) is 1. The van der Waals surface area contributed by atoms with E-state index in [0.29, 0.717) is 13.0 Å². The molecule has 0 aromatic carbocycles. The first kappa shape index (κ1) is 7.31. The van der Waals surface area contributed by atoms with Crippen LogP contribution in [0.25, 0.3) is 0 Å². The van der Waals surface area contributed by atoms with Crippen LogP contribution in [0.2, 0.25) is 0 Å². The van der Waals surface area contributed by atoms with Crippen molar-refractivity contribution in [2.24, 2.45) is 5.73 Å². The van der Waals surface area contributed by atoms with Crippen LogP contribution in [0.5, 0.6) is 0 Å². The SMILES string of the molecule is NCC[C@H](O)c1cc[nH]c1. The number of nitrogens with one attached hydrogen (secondary N) is 1. The Bertz CT molecular complexity index is 172. The van der Waals surface area contributed by atoms with Gasteiger partial charge in [-0.05, 0) is 24.6 Å². The molecule has 0 radical (unpaired) electrons. The first-order valence-electron chi connectivity index (χ1n) is 3.35. The Balaban J connectivity index is 2.50. The average Bonchev–Trinajstić information content (AvgIpc) is 2.38. The van der Waals surface area contributed by atoms with Crippen LogP contribution in [0.4, 0.5) is 0 Å². The van der Waals surface area contributed by atoms with Gasteiger partial charge in [0.1, 0.15) is 0 Å². The van der Waals surface area contributed by atoms with Gasteiger partial charge in [0.05, 0.1) is 6.10 Å². The predicted octanol–water partition coefficient (Wildman–Crippen LogP) is 0.397. The van der Waals surface area contributed by atoms with E-state index >= 15 is 0 Å². The number of aliphatic hydroxyl groups is 1. The van der Waals surface area contributed by atoms with Crippen molar-refractivity contribution in [2.45, 2.75) is 12.5 Å². The zero-order valence-electron chi connectivity index (χ0n) is 5.75. The summed E-state index contributed by atoms with van der Waals surface area (Å²) in [6, 6.07) is 1.85. The number of H-pyrrole nitrogens is 1. The van der Waals surface area contributed by atoms with Gasteiger partial charge in [0, 0.05) is 12.4 Å². The van der Waals surface area contributed by atoms with Crippen LogP contribution in [-0.2, 0) is 0 Å². The Hall–Kier alpha value is -0.800. The van der Waals surface area contributed by atoms with Gasteiger partial charge in [-0.1, -0.05) is 0 Å². The first-order chi connectivity index (χ1) is 4.84. The molecule has 0 saturated heterocycles. The van der Waals surface area contributed by atoms with Crippen molar-refractivity contribution in [3.63, 3.8) is 0 Å². The summed E-state index contributed by atoms with van der Waals surface area (Å²) in [5.41, 5.74) is 6.17. The van der Waals surface area contributed by atoms with E-state index in [2.05, 4.69) is 4.98 Å². The minimum absolute atomic E-state index is 0.406. The number of aromatic nitrogens is 1. The fourth-order valence-corrected chi connectivity index (χ4v) is 0.869. The molecular weight excluding hydrogens is 128 g/mol. The number of aliphatic hydroxyl groups excluding tert-OH is 1. The first-order valence-corrected chi connectivity index (χ1v) is 3.35. The van der Waals surface area contributed by atoms with Gasteiger partial charge in [-0.3, -0.25) is 0 Å². The highest BCUT2D eigenvalue weighted by atomic mass is 16.3. The molecule has 1 rings (SSSR count). The molecule has 3 heteroatoms. The second-order valence-electron chi connectivity index (χ2n) is 2.24. The fraction of sp³-hybridized carbons (Fsp3) is 0.429. The Labute approximate surface area is 59.9 Å². The summed E-state index contributed by atoms with van der Waals surface area (Å²) in [6.07, 6.45) is 3.78. The number of hydrogen-bond donors (Lipinski definition) is 3. The Kier molecular flexibility index (Phi) is 2.48. The lowest BCUT2D eigenvalue weighted by Crippen LogP contribution is -2.05. The second-order valence-corrected chi connectivity index (χ2v) is 2.24. The summed E-state index contributed by atoms with van der Waals surface area (Å²) in [4.78, 5) is 2.87. The van der Waals surface area contributed by atoms with Crippen molar-refractivity contribution in [1.29, 1.82) is 0 Å². The van der Waals surface area contributed by atoms with Gasteiger partial charge in [-0.2, -0.15) is 0 Å². The maximum Gasteiger partial charge on any atom is 0.0816 e. The zero-order chi connectivity index (χ0) is 7.40. The molecule has 1 aromatic rings. The van der Waals surface area contributed by atoms with E-state index < -0.39 is 6.10 Å². The van der Waals surface area contributed by atoms with E-state index in [9.17, 15) is 5.11 Å². The molecular formula is C7H12N2O. The molecule has 4 N–H and O–H groups in total. The largest absolute Gasteiger partial charge is 0.388 e. The highest BCUT2D eigenvalue weighted by molar-refractivity contribution is 5.11. The number of rotatable bonds is 3. The summed E-state index contributed by atoms with van der Waals surface area (Å²) < 4.78 is 0. The summed E-state index contributed by atoms with van der Waals surface area (Å²) in [5.74, 6) is 0. The van der Waals surface area contributed by atoms with Gasteiger partial charge in [-0.25, -0.2) is 0 Å². The van der Waals surface area contributed by atoms with Crippen LogP contribution in [0, 0.1) is 0 Å². The average molecular weight is 140 g/mol. The molecule has 0 spiro atoms. The lowest BCUT2D eigenvalue weighted by Gasteiger charge is -2.04. The van der Waals surface area contributed by atoms with Gasteiger partial charge in [0.25, 0.3) is 0 Å². The minimum Gasteiger partial charge on any atom is -0.388 e. The normalized spacial score (nSPS) is 13.4. The Morgan fingerprint density at radius 2 is 2.50 bits per heavy atom. The van der Waals surface area contributed by atoms with Crippen molar-refractivity contribution in [3.8, 4) is 0 Å². The van der Waals surface area contributed by atoms with Gasteiger partial charge in [0.2, 0.25) is 0 Å². The standard InChI is InChI=1S/C7H12N2O/c8-3-1-7(10)6-2-4-9-5-6/h2,4-5,7,9-10H,1,3,8H2/t7-/m0/s1. The van der Waals surface area contributed by atoms with Crippen LogP contribution in [0.3, 0.4) is 0 Å². The minimum atomic E-state index is -0.406. The molecule has 3 nitrogen and oxygen atoms in total. The van der Waals surface area contributed by atoms with Crippen molar-refractivity contribution >= 4 is 0 Å². The molecule has 10 heavy (non-hydrogen) atoms. The summed E-state index contributed by atoms with van der Waals surface area (Å²) in [7, 11) is 0. The molecule has 0 fully saturated rings. The third-order valence-corrected chi connectivity index (χ3v) is 1.45. The smallest absolute Gasteiger partial charge is 0.0816 e. The third kappa shape index (κ3) is 1.59. The van der Waals surface area contributed by atoms with E-state index in [0.717, 1.165) is 5.56 Å². The third-order valence-electron chi connectivity index (χ3n) is 1.45. The molecule has 1 aromatic heterocycles. The van der Waals surface area contributed by atoms with E-state index in [-0.39, 0.29) is 0 Å². The van der Waals surface area contributed by atoms with E-state index in [1.54, 1.807) is 12.4 Å². The van der Waals surface area contributed by atoms with Crippen LogP contribution in [-0.4, -0.2) is 16.6 Å². The van der Waals surface area contributed by atoms with E-state index in [4.69, 9.17) is 5.73 Å². The quantitative estimate of drug-likeness (QED) is 0.569. The lowest BCUT2D eigenvalue weighted by molar-refractivity contribution is 0.170. The van der Waals surface area contributed by atoms with Gasteiger partial charge in [0.15, 0.2) is 0 Å². The van der Waals surface area contributed by atoms with Gasteiger partial charge >= 0.3 is 0 Å². The fourth-order valence-electron chi connectivity index (χ4n) is 0.869. The molecule has 1 atom stereocenters. The highest BCUT2D eigenvalue weighted by Crippen LogP contribution is 2.13. The Morgan fingerprint density at radius 1 is 1.70 bits per heavy atom. The maximum absolute atomic E-state index is 9.31. The molecule has 0 saturated carbocycles. The predicted molar refractivity (Wildman–Crippen MR) is 39.4 cm³/mol. The van der Waals surface area contributed by atoms with Crippen LogP contribution in [0.1, 0.15) is 18.1 Å². The zero-order valence-corrected chi connectivity index (χ0v) is 5.75. The van der Waals surface area contributed by atoms with Crippen molar-refractivity contribution in [2.75, 3.05) is 6.54 Å². The summed E-state index contributed by atoms with van der Waals surface area (Å²) in [5, 5.41) is 9.31. The molecule has 0 aliphatic carbocycles. The number of hydrogen-bond acceptors (Lipinski definition) is 2. The van der Waals surface area contributed by atoms with Crippen LogP contribution in [0.15, 0.2) is 18.5 Å². The molecule has 1 heterocycles. The topological polar surface area (TPSA) is 62.0 Å². The lowest BCUT2D eigenvalue weighted by atomic mass is 10.1. The van der Waals surface area contributed by atoms with Gasteiger partial charge < -0.3 is 15.8 Å². The van der Waals surface area contributed by atoms with Crippen molar-refractivity contribution in [3.05, 3.63) is 24.0 Å². The maximum atomic E-state index is 9.31. The molecule has 0 unspecified atom stereocenters. The molecule has 56 valence electrons. The van der Waals surface area contributed by atoms with Crippen LogP contribution < -0.4 is 5.73 Å². The summed E-state index contributed by atoms with van der Waals surface area (Å²) >= 11 is 0. The second kappa shape index (κ2) is 3.39.